The molecule has 0 saturated heterocycles. The molecule has 0 aliphatic rings. The van der Waals surface area contributed by atoms with Crippen LogP contribution in [0.15, 0.2) is 192 Å². The van der Waals surface area contributed by atoms with Gasteiger partial charge in [0.1, 0.15) is 11.2 Å². The predicted molar refractivity (Wildman–Crippen MR) is 202 cm³/mol. The van der Waals surface area contributed by atoms with Crippen LogP contribution in [-0.4, -0.2) is 0 Å². The Bertz CT molecular complexity index is 2550. The SMILES string of the molecule is c1ccc(-c2ccc(N(c3ccccc3-c3ccccc3)c3ccccc3-c3cccc4c3oc3cc5ccccc5cc34)cc2)cc1. The van der Waals surface area contributed by atoms with E-state index < -0.39 is 0 Å². The molecular formula is C46H31NO. The highest BCUT2D eigenvalue weighted by atomic mass is 16.3. The number of anilines is 3. The molecule has 48 heavy (non-hydrogen) atoms. The Morgan fingerprint density at radius 3 is 1.62 bits per heavy atom. The quantitative estimate of drug-likeness (QED) is 0.185. The number of hydrogen-bond acceptors (Lipinski definition) is 2. The average Bonchev–Trinajstić information content (AvgIpc) is 3.53. The first-order chi connectivity index (χ1) is 23.8. The van der Waals surface area contributed by atoms with Crippen molar-refractivity contribution in [3.8, 4) is 33.4 Å². The third-order valence-corrected chi connectivity index (χ3v) is 9.26. The first-order valence-electron chi connectivity index (χ1n) is 16.4. The molecule has 0 amide bonds. The zero-order valence-electron chi connectivity index (χ0n) is 26.3. The van der Waals surface area contributed by atoms with Crippen LogP contribution < -0.4 is 4.90 Å². The number of fused-ring (bicyclic) bond motifs is 4. The Balaban J connectivity index is 1.27. The lowest BCUT2D eigenvalue weighted by molar-refractivity contribution is 0.670. The fraction of sp³-hybridized carbons (Fsp3) is 0. The maximum atomic E-state index is 6.73. The Morgan fingerprint density at radius 2 is 0.896 bits per heavy atom. The number of furan rings is 1. The van der Waals surface area contributed by atoms with Gasteiger partial charge in [0.15, 0.2) is 0 Å². The van der Waals surface area contributed by atoms with E-state index in [1.807, 2.05) is 0 Å². The van der Waals surface area contributed by atoms with Crippen LogP contribution >= 0.6 is 0 Å². The molecule has 0 bridgehead atoms. The summed E-state index contributed by atoms with van der Waals surface area (Å²) in [5.74, 6) is 0. The fourth-order valence-corrected chi connectivity index (χ4v) is 6.96. The summed E-state index contributed by atoms with van der Waals surface area (Å²) >= 11 is 0. The van der Waals surface area contributed by atoms with Crippen LogP contribution in [0.4, 0.5) is 17.1 Å². The number of rotatable bonds is 6. The van der Waals surface area contributed by atoms with Gasteiger partial charge in [0.05, 0.1) is 11.4 Å². The minimum Gasteiger partial charge on any atom is -0.455 e. The average molecular weight is 614 g/mol. The Morgan fingerprint density at radius 1 is 0.354 bits per heavy atom. The highest BCUT2D eigenvalue weighted by molar-refractivity contribution is 6.14. The van der Waals surface area contributed by atoms with Crippen molar-refractivity contribution < 1.29 is 4.42 Å². The summed E-state index contributed by atoms with van der Waals surface area (Å²) in [7, 11) is 0. The molecule has 8 aromatic carbocycles. The summed E-state index contributed by atoms with van der Waals surface area (Å²) < 4.78 is 6.73. The molecule has 0 saturated carbocycles. The molecule has 0 spiro atoms. The molecule has 2 nitrogen and oxygen atoms in total. The zero-order valence-corrected chi connectivity index (χ0v) is 26.3. The van der Waals surface area contributed by atoms with Crippen LogP contribution in [0.3, 0.4) is 0 Å². The Hall–Kier alpha value is -6.38. The van der Waals surface area contributed by atoms with Crippen molar-refractivity contribution in [3.63, 3.8) is 0 Å². The number of para-hydroxylation sites is 3. The van der Waals surface area contributed by atoms with Crippen molar-refractivity contribution in [3.05, 3.63) is 188 Å². The molecule has 0 N–H and O–H groups in total. The van der Waals surface area contributed by atoms with E-state index in [1.54, 1.807) is 0 Å². The monoisotopic (exact) mass is 613 g/mol. The lowest BCUT2D eigenvalue weighted by Crippen LogP contribution is -2.12. The summed E-state index contributed by atoms with van der Waals surface area (Å²) in [5.41, 5.74) is 11.9. The molecular weight excluding hydrogens is 583 g/mol. The second-order valence-corrected chi connectivity index (χ2v) is 12.1. The predicted octanol–water partition coefficient (Wildman–Crippen LogP) is 13.2. The smallest absolute Gasteiger partial charge is 0.143 e. The van der Waals surface area contributed by atoms with Crippen LogP contribution in [0.1, 0.15) is 0 Å². The van der Waals surface area contributed by atoms with Crippen molar-refractivity contribution in [2.75, 3.05) is 4.90 Å². The molecule has 9 rings (SSSR count). The highest BCUT2D eigenvalue weighted by Crippen LogP contribution is 2.47. The maximum absolute atomic E-state index is 6.73. The van der Waals surface area contributed by atoms with Crippen LogP contribution in [0.2, 0.25) is 0 Å². The molecule has 0 atom stereocenters. The van der Waals surface area contributed by atoms with Gasteiger partial charge in [-0.15, -0.1) is 0 Å². The third kappa shape index (κ3) is 4.83. The first-order valence-corrected chi connectivity index (χ1v) is 16.4. The number of benzene rings is 8. The Kier molecular flexibility index (Phi) is 6.84. The molecule has 0 unspecified atom stereocenters. The second-order valence-electron chi connectivity index (χ2n) is 12.1. The van der Waals surface area contributed by atoms with Crippen molar-refractivity contribution in [1.82, 2.24) is 0 Å². The second kappa shape index (κ2) is 11.8. The van der Waals surface area contributed by atoms with E-state index >= 15 is 0 Å². The van der Waals surface area contributed by atoms with E-state index in [1.165, 1.54) is 27.5 Å². The molecule has 1 heterocycles. The van der Waals surface area contributed by atoms with Crippen molar-refractivity contribution in [2.45, 2.75) is 0 Å². The van der Waals surface area contributed by atoms with Crippen LogP contribution in [-0.2, 0) is 0 Å². The van der Waals surface area contributed by atoms with Crippen LogP contribution in [0, 0.1) is 0 Å². The molecule has 0 fully saturated rings. The van der Waals surface area contributed by atoms with Gasteiger partial charge in [0, 0.05) is 33.2 Å². The lowest BCUT2D eigenvalue weighted by atomic mass is 9.97. The summed E-state index contributed by atoms with van der Waals surface area (Å²) in [6.07, 6.45) is 0. The molecule has 1 aromatic heterocycles. The minimum atomic E-state index is 0.894. The molecule has 9 aromatic rings. The normalized spacial score (nSPS) is 11.3. The standard InChI is InChI=1S/C46H31NO/c1-3-14-32(15-4-1)33-26-28-37(29-27-33)47(43-24-11-9-20-38(43)34-16-5-2-6-17-34)44-25-12-10-21-39(44)40-22-13-23-41-42-30-35-18-7-8-19-36(35)31-45(42)48-46(40)41/h1-31H. The van der Waals surface area contributed by atoms with Crippen molar-refractivity contribution >= 4 is 49.8 Å². The molecule has 0 aliphatic carbocycles. The minimum absolute atomic E-state index is 0.894. The van der Waals surface area contributed by atoms with E-state index in [0.29, 0.717) is 0 Å². The molecule has 0 aliphatic heterocycles. The lowest BCUT2D eigenvalue weighted by Gasteiger charge is -2.30. The summed E-state index contributed by atoms with van der Waals surface area (Å²) in [6.45, 7) is 0. The van der Waals surface area contributed by atoms with Gasteiger partial charge in [-0.2, -0.15) is 0 Å². The van der Waals surface area contributed by atoms with Crippen LogP contribution in [0.25, 0.3) is 66.1 Å². The van der Waals surface area contributed by atoms with Crippen LogP contribution in [0.5, 0.6) is 0 Å². The number of nitrogens with zero attached hydrogens (tertiary/aromatic N) is 1. The van der Waals surface area contributed by atoms with Gasteiger partial charge in [-0.3, -0.25) is 0 Å². The summed E-state index contributed by atoms with van der Waals surface area (Å²) in [5, 5.41) is 4.63. The molecule has 0 radical (unpaired) electrons. The maximum Gasteiger partial charge on any atom is 0.143 e. The van der Waals surface area contributed by atoms with Gasteiger partial charge in [0.25, 0.3) is 0 Å². The summed E-state index contributed by atoms with van der Waals surface area (Å²) in [6, 6.07) is 66.8. The van der Waals surface area contributed by atoms with Gasteiger partial charge in [0.2, 0.25) is 0 Å². The van der Waals surface area contributed by atoms with Gasteiger partial charge in [-0.25, -0.2) is 0 Å². The topological polar surface area (TPSA) is 16.4 Å². The van der Waals surface area contributed by atoms with E-state index in [4.69, 9.17) is 4.42 Å². The van der Waals surface area contributed by atoms with Crippen molar-refractivity contribution in [1.29, 1.82) is 0 Å². The highest BCUT2D eigenvalue weighted by Gasteiger charge is 2.22. The zero-order chi connectivity index (χ0) is 31.9. The van der Waals surface area contributed by atoms with E-state index in [-0.39, 0.29) is 0 Å². The van der Waals surface area contributed by atoms with Gasteiger partial charge < -0.3 is 9.32 Å². The fourth-order valence-electron chi connectivity index (χ4n) is 6.96. The van der Waals surface area contributed by atoms with Gasteiger partial charge in [-0.05, 0) is 63.9 Å². The van der Waals surface area contributed by atoms with E-state index in [0.717, 1.165) is 55.7 Å². The van der Waals surface area contributed by atoms with E-state index in [9.17, 15) is 0 Å². The van der Waals surface area contributed by atoms with Crippen molar-refractivity contribution in [2.24, 2.45) is 0 Å². The summed E-state index contributed by atoms with van der Waals surface area (Å²) in [4.78, 5) is 2.39. The first kappa shape index (κ1) is 27.9. The van der Waals surface area contributed by atoms with E-state index in [2.05, 4.69) is 193 Å². The number of hydrogen-bond donors (Lipinski definition) is 0. The molecule has 226 valence electrons. The Labute approximate surface area is 279 Å². The largest absolute Gasteiger partial charge is 0.455 e. The van der Waals surface area contributed by atoms with Gasteiger partial charge in [-0.1, -0.05) is 152 Å². The van der Waals surface area contributed by atoms with Gasteiger partial charge >= 0.3 is 0 Å². The molecule has 2 heteroatoms. The third-order valence-electron chi connectivity index (χ3n) is 9.26.